The predicted molar refractivity (Wildman–Crippen MR) is 96.6 cm³/mol. The Hall–Kier alpha value is -1.73. The lowest BCUT2D eigenvalue weighted by Gasteiger charge is -2.34. The Labute approximate surface area is 145 Å². The van der Waals surface area contributed by atoms with Crippen LogP contribution in [-0.4, -0.2) is 85.6 Å². The molecule has 1 aliphatic rings. The van der Waals surface area contributed by atoms with Crippen LogP contribution in [0, 0.1) is 6.92 Å². The Morgan fingerprint density at radius 2 is 1.96 bits per heavy atom. The number of carbonyl (C=O) groups excluding carboxylic acids is 1. The molecular formula is C17H30N6O. The number of amides is 1. The normalized spacial score (nSPS) is 15.8. The average molecular weight is 334 g/mol. The van der Waals surface area contributed by atoms with Crippen LogP contribution in [0.5, 0.6) is 0 Å². The van der Waals surface area contributed by atoms with Gasteiger partial charge in [0, 0.05) is 38.4 Å². The van der Waals surface area contributed by atoms with Crippen LogP contribution < -0.4 is 10.2 Å². The lowest BCUT2D eigenvalue weighted by Crippen LogP contribution is -2.47. The minimum Gasteiger partial charge on any atom is -0.351 e. The molecule has 7 nitrogen and oxygen atoms in total. The molecule has 7 heteroatoms. The summed E-state index contributed by atoms with van der Waals surface area (Å²) in [5.74, 6) is 0.553. The zero-order valence-electron chi connectivity index (χ0n) is 15.4. The quantitative estimate of drug-likeness (QED) is 0.737. The van der Waals surface area contributed by atoms with E-state index in [1.54, 1.807) is 6.07 Å². The summed E-state index contributed by atoms with van der Waals surface area (Å²) in [7, 11) is 4.06. The molecule has 0 radical (unpaired) electrons. The van der Waals surface area contributed by atoms with E-state index in [1.165, 1.54) is 0 Å². The van der Waals surface area contributed by atoms with Gasteiger partial charge in [-0.05, 0) is 46.6 Å². The van der Waals surface area contributed by atoms with Crippen molar-refractivity contribution in [2.75, 3.05) is 64.8 Å². The summed E-state index contributed by atoms with van der Waals surface area (Å²) in [4.78, 5) is 28.0. The molecule has 2 heterocycles. The molecule has 1 fully saturated rings. The number of rotatable bonds is 7. The van der Waals surface area contributed by atoms with Crippen LogP contribution in [0.15, 0.2) is 6.07 Å². The minimum absolute atomic E-state index is 0.118. The number of hydrogen-bond acceptors (Lipinski definition) is 6. The number of aryl methyl sites for hydroxylation is 1. The Balaban J connectivity index is 1.96. The van der Waals surface area contributed by atoms with Gasteiger partial charge in [0.25, 0.3) is 5.91 Å². The number of piperazine rings is 1. The zero-order chi connectivity index (χ0) is 17.5. The van der Waals surface area contributed by atoms with Crippen molar-refractivity contribution in [3.63, 3.8) is 0 Å². The van der Waals surface area contributed by atoms with Crippen molar-refractivity contribution in [3.05, 3.63) is 17.5 Å². The fourth-order valence-electron chi connectivity index (χ4n) is 2.76. The zero-order valence-corrected chi connectivity index (χ0v) is 15.4. The molecule has 0 spiro atoms. The molecule has 0 aromatic carbocycles. The molecule has 1 aliphatic heterocycles. The number of nitrogens with zero attached hydrogens (tertiary/aromatic N) is 5. The molecule has 1 aromatic heterocycles. The van der Waals surface area contributed by atoms with Crippen LogP contribution in [-0.2, 0) is 0 Å². The molecule has 0 bridgehead atoms. The van der Waals surface area contributed by atoms with Crippen LogP contribution in [0.3, 0.4) is 0 Å². The fourth-order valence-corrected chi connectivity index (χ4v) is 2.76. The number of anilines is 1. The summed E-state index contributed by atoms with van der Waals surface area (Å²) in [5.41, 5.74) is 1.29. The Bertz CT molecular complexity index is 540. The first-order valence-electron chi connectivity index (χ1n) is 8.75. The summed E-state index contributed by atoms with van der Waals surface area (Å²) < 4.78 is 0. The molecule has 1 amide bonds. The molecule has 134 valence electrons. The van der Waals surface area contributed by atoms with Gasteiger partial charge in [0.1, 0.15) is 5.69 Å². The van der Waals surface area contributed by atoms with Gasteiger partial charge in [0.05, 0.1) is 0 Å². The molecule has 2 rings (SSSR count). The Kier molecular flexibility index (Phi) is 6.93. The smallest absolute Gasteiger partial charge is 0.270 e. The number of likely N-dealkylation sites (N-methyl/N-ethyl adjacent to an activating group) is 1. The maximum atomic E-state index is 12.3. The van der Waals surface area contributed by atoms with E-state index in [1.807, 2.05) is 21.0 Å². The van der Waals surface area contributed by atoms with E-state index in [0.717, 1.165) is 51.4 Å². The summed E-state index contributed by atoms with van der Waals surface area (Å²) in [6.07, 6.45) is 0.925. The van der Waals surface area contributed by atoms with Crippen LogP contribution in [0.25, 0.3) is 0 Å². The predicted octanol–water partition coefficient (Wildman–Crippen LogP) is 0.608. The van der Waals surface area contributed by atoms with Crippen molar-refractivity contribution < 1.29 is 4.79 Å². The average Bonchev–Trinajstić information content (AvgIpc) is 2.58. The molecule has 0 unspecified atom stereocenters. The standard InChI is InChI=1S/C17H30N6O/c1-5-22-9-11-23(12-10-22)17-19-14(2)13-15(20-17)16(24)18-7-6-8-21(3)4/h13H,5-12H2,1-4H3,(H,18,24). The van der Waals surface area contributed by atoms with Crippen molar-refractivity contribution in [1.29, 1.82) is 0 Å². The summed E-state index contributed by atoms with van der Waals surface area (Å²) >= 11 is 0. The summed E-state index contributed by atoms with van der Waals surface area (Å²) in [6, 6.07) is 1.76. The van der Waals surface area contributed by atoms with Gasteiger partial charge in [0.2, 0.25) is 5.95 Å². The van der Waals surface area contributed by atoms with E-state index in [0.29, 0.717) is 18.2 Å². The highest BCUT2D eigenvalue weighted by Gasteiger charge is 2.19. The Morgan fingerprint density at radius 3 is 2.58 bits per heavy atom. The molecule has 0 aliphatic carbocycles. The monoisotopic (exact) mass is 334 g/mol. The molecular weight excluding hydrogens is 304 g/mol. The third kappa shape index (κ3) is 5.42. The second kappa shape index (κ2) is 8.94. The van der Waals surface area contributed by atoms with Gasteiger partial charge < -0.3 is 20.0 Å². The van der Waals surface area contributed by atoms with Crippen molar-refractivity contribution in [1.82, 2.24) is 25.1 Å². The van der Waals surface area contributed by atoms with E-state index in [2.05, 4.69) is 36.9 Å². The van der Waals surface area contributed by atoms with Gasteiger partial charge >= 0.3 is 0 Å². The van der Waals surface area contributed by atoms with Gasteiger partial charge in [-0.25, -0.2) is 9.97 Å². The van der Waals surface area contributed by atoms with E-state index in [-0.39, 0.29) is 5.91 Å². The first-order chi connectivity index (χ1) is 11.5. The first-order valence-corrected chi connectivity index (χ1v) is 8.75. The third-order valence-corrected chi connectivity index (χ3v) is 4.25. The van der Waals surface area contributed by atoms with Crippen molar-refractivity contribution in [2.45, 2.75) is 20.3 Å². The van der Waals surface area contributed by atoms with E-state index >= 15 is 0 Å². The van der Waals surface area contributed by atoms with Gasteiger partial charge in [-0.3, -0.25) is 4.79 Å². The minimum atomic E-state index is -0.118. The third-order valence-electron chi connectivity index (χ3n) is 4.25. The highest BCUT2D eigenvalue weighted by Crippen LogP contribution is 2.13. The van der Waals surface area contributed by atoms with Crippen molar-refractivity contribution in [2.24, 2.45) is 0 Å². The Morgan fingerprint density at radius 1 is 1.25 bits per heavy atom. The van der Waals surface area contributed by atoms with Crippen LogP contribution in [0.4, 0.5) is 5.95 Å². The topological polar surface area (TPSA) is 64.6 Å². The highest BCUT2D eigenvalue weighted by atomic mass is 16.1. The van der Waals surface area contributed by atoms with E-state index in [9.17, 15) is 4.79 Å². The SMILES string of the molecule is CCN1CCN(c2nc(C)cc(C(=O)NCCCN(C)C)n2)CC1. The molecule has 0 saturated carbocycles. The largest absolute Gasteiger partial charge is 0.351 e. The number of hydrogen-bond donors (Lipinski definition) is 1. The molecule has 0 atom stereocenters. The van der Waals surface area contributed by atoms with E-state index < -0.39 is 0 Å². The van der Waals surface area contributed by atoms with Gasteiger partial charge in [0.15, 0.2) is 0 Å². The number of nitrogens with one attached hydrogen (secondary N) is 1. The van der Waals surface area contributed by atoms with Gasteiger partial charge in [-0.2, -0.15) is 0 Å². The lowest BCUT2D eigenvalue weighted by molar-refractivity contribution is 0.0947. The van der Waals surface area contributed by atoms with E-state index in [4.69, 9.17) is 0 Å². The summed E-state index contributed by atoms with van der Waals surface area (Å²) in [6.45, 7) is 10.6. The number of carbonyl (C=O) groups is 1. The highest BCUT2D eigenvalue weighted by molar-refractivity contribution is 5.92. The molecule has 1 N–H and O–H groups in total. The number of aromatic nitrogens is 2. The van der Waals surface area contributed by atoms with Crippen LogP contribution in [0.1, 0.15) is 29.5 Å². The molecule has 1 aromatic rings. The first kappa shape index (κ1) is 18.6. The summed E-state index contributed by atoms with van der Waals surface area (Å²) in [5, 5.41) is 2.95. The van der Waals surface area contributed by atoms with Crippen molar-refractivity contribution in [3.8, 4) is 0 Å². The van der Waals surface area contributed by atoms with Crippen molar-refractivity contribution >= 4 is 11.9 Å². The van der Waals surface area contributed by atoms with Crippen LogP contribution >= 0.6 is 0 Å². The second-order valence-electron chi connectivity index (χ2n) is 6.53. The van der Waals surface area contributed by atoms with Gasteiger partial charge in [-0.1, -0.05) is 6.92 Å². The second-order valence-corrected chi connectivity index (χ2v) is 6.53. The maximum absolute atomic E-state index is 12.3. The maximum Gasteiger partial charge on any atom is 0.270 e. The van der Waals surface area contributed by atoms with Gasteiger partial charge in [-0.15, -0.1) is 0 Å². The fraction of sp³-hybridized carbons (Fsp3) is 0.706. The van der Waals surface area contributed by atoms with Crippen LogP contribution in [0.2, 0.25) is 0 Å². The molecule has 24 heavy (non-hydrogen) atoms. The lowest BCUT2D eigenvalue weighted by atomic mass is 10.3. The molecule has 1 saturated heterocycles.